The summed E-state index contributed by atoms with van der Waals surface area (Å²) in [6.45, 7) is 2.79. The number of rotatable bonds is 6. The highest BCUT2D eigenvalue weighted by Crippen LogP contribution is 2.26. The first-order chi connectivity index (χ1) is 11.9. The average molecular weight is 402 g/mol. The number of anilines is 1. The van der Waals surface area contributed by atoms with Crippen molar-refractivity contribution in [3.63, 3.8) is 0 Å². The number of aromatic nitrogens is 1. The summed E-state index contributed by atoms with van der Waals surface area (Å²) in [7, 11) is 1.30. The van der Waals surface area contributed by atoms with Crippen LogP contribution >= 0.6 is 34.5 Å². The zero-order chi connectivity index (χ0) is 18.4. The maximum atomic E-state index is 12.5. The van der Waals surface area contributed by atoms with E-state index in [9.17, 15) is 9.59 Å². The number of nitrogens with zero attached hydrogens (tertiary/aromatic N) is 2. The number of esters is 1. The third-order valence-corrected chi connectivity index (χ3v) is 4.61. The van der Waals surface area contributed by atoms with Gasteiger partial charge in [0.25, 0.3) is 0 Å². The molecule has 0 saturated heterocycles. The number of hydrogen-bond donors (Lipinski definition) is 1. The summed E-state index contributed by atoms with van der Waals surface area (Å²) < 4.78 is 4.64. The van der Waals surface area contributed by atoms with Crippen molar-refractivity contribution in [1.29, 1.82) is 0 Å². The molecule has 9 heteroatoms. The van der Waals surface area contributed by atoms with Crippen molar-refractivity contribution < 1.29 is 14.3 Å². The normalized spacial score (nSPS) is 10.4. The van der Waals surface area contributed by atoms with E-state index in [-0.39, 0.29) is 18.3 Å². The van der Waals surface area contributed by atoms with E-state index in [1.54, 1.807) is 28.5 Å². The van der Waals surface area contributed by atoms with E-state index < -0.39 is 5.97 Å². The lowest BCUT2D eigenvalue weighted by Gasteiger charge is -2.21. The third kappa shape index (κ3) is 5.32. The second-order valence-corrected chi connectivity index (χ2v) is 6.88. The number of carbonyl (C=O) groups excluding carboxylic acids is 2. The molecule has 2 rings (SSSR count). The van der Waals surface area contributed by atoms with Crippen LogP contribution < -0.4 is 5.32 Å². The molecule has 6 nitrogen and oxygen atoms in total. The molecule has 0 fully saturated rings. The van der Waals surface area contributed by atoms with Crippen LogP contribution in [-0.4, -0.2) is 35.5 Å². The Hall–Kier alpha value is -1.83. The van der Waals surface area contributed by atoms with E-state index >= 15 is 0 Å². The molecule has 0 bridgehead atoms. The van der Waals surface area contributed by atoms with Crippen molar-refractivity contribution in [2.45, 2.75) is 19.9 Å². The lowest BCUT2D eigenvalue weighted by molar-refractivity contribution is 0.0594. The minimum absolute atomic E-state index is 0.236. The minimum atomic E-state index is -0.498. The van der Waals surface area contributed by atoms with Gasteiger partial charge < -0.3 is 15.0 Å². The molecule has 0 aliphatic heterocycles. The van der Waals surface area contributed by atoms with Gasteiger partial charge in [-0.05, 0) is 24.6 Å². The van der Waals surface area contributed by atoms with Crippen LogP contribution in [0.4, 0.5) is 10.5 Å². The zero-order valence-corrected chi connectivity index (χ0v) is 16.0. The van der Waals surface area contributed by atoms with Crippen molar-refractivity contribution in [2.75, 3.05) is 19.0 Å². The highest BCUT2D eigenvalue weighted by atomic mass is 35.5. The monoisotopic (exact) mass is 401 g/mol. The lowest BCUT2D eigenvalue weighted by atomic mass is 10.3. The second-order valence-electron chi connectivity index (χ2n) is 5.09. The first-order valence-corrected chi connectivity index (χ1v) is 9.11. The fourth-order valence-electron chi connectivity index (χ4n) is 2.05. The fraction of sp³-hybridized carbons (Fsp3) is 0.312. The molecule has 0 aliphatic rings. The van der Waals surface area contributed by atoms with Gasteiger partial charge in [-0.3, -0.25) is 0 Å². The summed E-state index contributed by atoms with van der Waals surface area (Å²) in [5, 5.41) is 5.87. The molecule has 1 aromatic carbocycles. The molecule has 2 amide bonds. The van der Waals surface area contributed by atoms with Crippen molar-refractivity contribution in [1.82, 2.24) is 9.88 Å². The fourth-order valence-corrected chi connectivity index (χ4v) is 3.29. The Morgan fingerprint density at radius 1 is 1.36 bits per heavy atom. The minimum Gasteiger partial charge on any atom is -0.464 e. The summed E-state index contributed by atoms with van der Waals surface area (Å²) in [4.78, 5) is 29.8. The molecule has 1 N–H and O–H groups in total. The molecule has 0 aliphatic carbocycles. The molecule has 25 heavy (non-hydrogen) atoms. The standard InChI is InChI=1S/C16H17Cl2N3O3S/c1-3-6-21(8-14-19-13(9-25-14)15(22)24-2)16(23)20-12-5-4-10(17)7-11(12)18/h4-5,7,9H,3,6,8H2,1-2H3,(H,20,23). The molecule has 1 aromatic heterocycles. The second kappa shape index (κ2) is 9.03. The molecule has 0 spiro atoms. The van der Waals surface area contributed by atoms with Crippen LogP contribution in [0.2, 0.25) is 10.0 Å². The Kier molecular flexibility index (Phi) is 7.04. The van der Waals surface area contributed by atoms with E-state index in [0.29, 0.717) is 27.3 Å². The van der Waals surface area contributed by atoms with Crippen molar-refractivity contribution in [2.24, 2.45) is 0 Å². The van der Waals surface area contributed by atoms with E-state index in [0.717, 1.165) is 6.42 Å². The molecule has 0 atom stereocenters. The van der Waals surface area contributed by atoms with Crippen LogP contribution in [-0.2, 0) is 11.3 Å². The third-order valence-electron chi connectivity index (χ3n) is 3.23. The Labute approximate surface area is 159 Å². The number of halogens is 2. The van der Waals surface area contributed by atoms with E-state index in [1.165, 1.54) is 18.4 Å². The molecular formula is C16H17Cl2N3O3S. The molecule has 0 unspecified atom stereocenters. The Bertz CT molecular complexity index is 767. The van der Waals surface area contributed by atoms with Gasteiger partial charge in [-0.15, -0.1) is 11.3 Å². The van der Waals surface area contributed by atoms with E-state index in [2.05, 4.69) is 15.0 Å². The van der Waals surface area contributed by atoms with Gasteiger partial charge in [0, 0.05) is 16.9 Å². The van der Waals surface area contributed by atoms with Gasteiger partial charge in [0.1, 0.15) is 5.01 Å². The SMILES string of the molecule is CCCN(Cc1nc(C(=O)OC)cs1)C(=O)Nc1ccc(Cl)cc1Cl. The highest BCUT2D eigenvalue weighted by Gasteiger charge is 2.18. The van der Waals surface area contributed by atoms with Gasteiger partial charge in [0.2, 0.25) is 0 Å². The quantitative estimate of drug-likeness (QED) is 0.713. The van der Waals surface area contributed by atoms with Crippen LogP contribution in [0, 0.1) is 0 Å². The summed E-state index contributed by atoms with van der Waals surface area (Å²) >= 11 is 13.3. The first-order valence-electron chi connectivity index (χ1n) is 7.48. The molecule has 134 valence electrons. The van der Waals surface area contributed by atoms with Gasteiger partial charge in [0.15, 0.2) is 5.69 Å². The number of amides is 2. The number of methoxy groups -OCH3 is 1. The van der Waals surface area contributed by atoms with Crippen LogP contribution in [0.1, 0.15) is 28.8 Å². The van der Waals surface area contributed by atoms with Crippen LogP contribution in [0.25, 0.3) is 0 Å². The maximum Gasteiger partial charge on any atom is 0.357 e. The average Bonchev–Trinajstić information content (AvgIpc) is 3.05. The topological polar surface area (TPSA) is 71.5 Å². The molecule has 2 aromatic rings. The summed E-state index contributed by atoms with van der Waals surface area (Å²) in [5.41, 5.74) is 0.715. The largest absolute Gasteiger partial charge is 0.464 e. The number of hydrogen-bond acceptors (Lipinski definition) is 5. The van der Waals surface area contributed by atoms with Gasteiger partial charge in [-0.25, -0.2) is 14.6 Å². The Morgan fingerprint density at radius 3 is 2.76 bits per heavy atom. The molecular weight excluding hydrogens is 385 g/mol. The highest BCUT2D eigenvalue weighted by molar-refractivity contribution is 7.09. The molecule has 1 heterocycles. The summed E-state index contributed by atoms with van der Waals surface area (Å²) in [6.07, 6.45) is 0.775. The predicted octanol–water partition coefficient (Wildman–Crippen LogP) is 4.68. The Morgan fingerprint density at radius 2 is 2.12 bits per heavy atom. The van der Waals surface area contributed by atoms with E-state index in [4.69, 9.17) is 23.2 Å². The van der Waals surface area contributed by atoms with Crippen LogP contribution in [0.5, 0.6) is 0 Å². The number of urea groups is 1. The van der Waals surface area contributed by atoms with Gasteiger partial charge in [-0.1, -0.05) is 30.1 Å². The predicted molar refractivity (Wildman–Crippen MR) is 99.6 cm³/mol. The van der Waals surface area contributed by atoms with Crippen molar-refractivity contribution in [3.05, 3.63) is 44.3 Å². The lowest BCUT2D eigenvalue weighted by Crippen LogP contribution is -2.35. The summed E-state index contributed by atoms with van der Waals surface area (Å²) in [6, 6.07) is 4.55. The number of thiazole rings is 1. The first kappa shape index (κ1) is 19.5. The number of nitrogens with one attached hydrogen (secondary N) is 1. The number of ether oxygens (including phenoxy) is 1. The molecule has 0 radical (unpaired) electrons. The number of carbonyl (C=O) groups is 2. The van der Waals surface area contributed by atoms with Crippen molar-refractivity contribution in [3.8, 4) is 0 Å². The maximum absolute atomic E-state index is 12.5. The van der Waals surface area contributed by atoms with Gasteiger partial charge >= 0.3 is 12.0 Å². The smallest absolute Gasteiger partial charge is 0.357 e. The van der Waals surface area contributed by atoms with Gasteiger partial charge in [0.05, 0.1) is 24.4 Å². The Balaban J connectivity index is 2.09. The van der Waals surface area contributed by atoms with Crippen molar-refractivity contribution >= 4 is 52.2 Å². The zero-order valence-electron chi connectivity index (χ0n) is 13.7. The summed E-state index contributed by atoms with van der Waals surface area (Å²) in [5.74, 6) is -0.498. The van der Waals surface area contributed by atoms with Crippen LogP contribution in [0.3, 0.4) is 0 Å². The van der Waals surface area contributed by atoms with E-state index in [1.807, 2.05) is 6.92 Å². The van der Waals surface area contributed by atoms with Crippen LogP contribution in [0.15, 0.2) is 23.6 Å². The molecule has 0 saturated carbocycles. The number of benzene rings is 1. The van der Waals surface area contributed by atoms with Gasteiger partial charge in [-0.2, -0.15) is 0 Å².